The Labute approximate surface area is 229 Å². The number of amides is 3. The van der Waals surface area contributed by atoms with Gasteiger partial charge in [-0.25, -0.2) is 0 Å². The molecule has 0 aliphatic heterocycles. The molecule has 0 aliphatic rings. The SMILES string of the molecule is CCC(=O)Nc1ccc(NC(=O)[C@H](Cc2ccn(C)n2)NC(=O)C=Cc2cc(Cl)ccc2-n2cnnn2)cc1. The molecule has 39 heavy (non-hydrogen) atoms. The minimum Gasteiger partial charge on any atom is -0.340 e. The zero-order valence-electron chi connectivity index (χ0n) is 21.2. The van der Waals surface area contributed by atoms with Crippen molar-refractivity contribution in [3.05, 3.63) is 83.4 Å². The van der Waals surface area contributed by atoms with Gasteiger partial charge in [0, 0.05) is 54.1 Å². The van der Waals surface area contributed by atoms with Gasteiger partial charge in [-0.05, 0) is 65.0 Å². The summed E-state index contributed by atoms with van der Waals surface area (Å²) in [5.74, 6) is -1.03. The number of halogens is 1. The van der Waals surface area contributed by atoms with Crippen LogP contribution in [0.15, 0.2) is 67.1 Å². The van der Waals surface area contributed by atoms with E-state index >= 15 is 0 Å². The zero-order valence-corrected chi connectivity index (χ0v) is 22.0. The number of nitrogens with zero attached hydrogens (tertiary/aromatic N) is 6. The molecule has 13 heteroatoms. The number of hydrogen-bond acceptors (Lipinski definition) is 7. The van der Waals surface area contributed by atoms with Gasteiger partial charge in [-0.2, -0.15) is 9.78 Å². The molecular formula is C26H26ClN9O3. The molecule has 4 aromatic rings. The van der Waals surface area contributed by atoms with Crippen molar-refractivity contribution in [1.82, 2.24) is 35.3 Å². The predicted molar refractivity (Wildman–Crippen MR) is 146 cm³/mol. The Morgan fingerprint density at radius 3 is 2.44 bits per heavy atom. The number of aromatic nitrogens is 6. The van der Waals surface area contributed by atoms with Crippen molar-refractivity contribution in [2.45, 2.75) is 25.8 Å². The van der Waals surface area contributed by atoms with Crippen molar-refractivity contribution in [2.24, 2.45) is 7.05 Å². The van der Waals surface area contributed by atoms with E-state index in [-0.39, 0.29) is 12.3 Å². The minimum atomic E-state index is -0.921. The van der Waals surface area contributed by atoms with Crippen LogP contribution in [-0.2, 0) is 27.9 Å². The number of tetrazole rings is 1. The van der Waals surface area contributed by atoms with Crippen molar-refractivity contribution in [1.29, 1.82) is 0 Å². The quantitative estimate of drug-likeness (QED) is 0.258. The van der Waals surface area contributed by atoms with Gasteiger partial charge in [-0.3, -0.25) is 19.1 Å². The summed E-state index contributed by atoms with van der Waals surface area (Å²) in [5.41, 5.74) is 2.98. The molecule has 0 radical (unpaired) electrons. The van der Waals surface area contributed by atoms with E-state index in [9.17, 15) is 14.4 Å². The van der Waals surface area contributed by atoms with Crippen LogP contribution in [0.1, 0.15) is 24.6 Å². The Balaban J connectivity index is 1.49. The van der Waals surface area contributed by atoms with E-state index in [0.29, 0.717) is 39.8 Å². The molecule has 2 heterocycles. The number of aryl methyl sites for hydroxylation is 1. The molecule has 0 aliphatic carbocycles. The summed E-state index contributed by atoms with van der Waals surface area (Å²) in [4.78, 5) is 37.7. The van der Waals surface area contributed by atoms with E-state index in [2.05, 4.69) is 36.6 Å². The molecule has 1 atom stereocenters. The van der Waals surface area contributed by atoms with Crippen LogP contribution >= 0.6 is 11.6 Å². The van der Waals surface area contributed by atoms with Crippen LogP contribution in [-0.4, -0.2) is 53.8 Å². The topological polar surface area (TPSA) is 149 Å². The van der Waals surface area contributed by atoms with Gasteiger partial charge < -0.3 is 16.0 Å². The third-order valence-corrected chi connectivity index (χ3v) is 5.81. The molecule has 3 amide bonds. The van der Waals surface area contributed by atoms with E-state index < -0.39 is 17.9 Å². The van der Waals surface area contributed by atoms with Gasteiger partial charge in [0.05, 0.1) is 11.4 Å². The molecule has 2 aromatic carbocycles. The molecule has 0 bridgehead atoms. The molecule has 0 fully saturated rings. The third-order valence-electron chi connectivity index (χ3n) is 5.57. The fourth-order valence-corrected chi connectivity index (χ4v) is 3.81. The van der Waals surface area contributed by atoms with Gasteiger partial charge in [0.2, 0.25) is 17.7 Å². The van der Waals surface area contributed by atoms with Crippen molar-refractivity contribution in [3.8, 4) is 5.69 Å². The molecule has 0 unspecified atom stereocenters. The number of nitrogens with one attached hydrogen (secondary N) is 3. The Morgan fingerprint density at radius 1 is 1.05 bits per heavy atom. The van der Waals surface area contributed by atoms with Crippen LogP contribution in [0.25, 0.3) is 11.8 Å². The van der Waals surface area contributed by atoms with Gasteiger partial charge in [0.15, 0.2) is 0 Å². The first kappa shape index (κ1) is 27.2. The zero-order chi connectivity index (χ0) is 27.8. The Bertz CT molecular complexity index is 1480. The first-order valence-electron chi connectivity index (χ1n) is 12.0. The normalized spacial score (nSPS) is 11.8. The molecule has 0 saturated carbocycles. The Morgan fingerprint density at radius 2 is 1.79 bits per heavy atom. The second kappa shape index (κ2) is 12.6. The largest absolute Gasteiger partial charge is 0.340 e. The maximum absolute atomic E-state index is 13.2. The van der Waals surface area contributed by atoms with E-state index in [1.54, 1.807) is 79.5 Å². The van der Waals surface area contributed by atoms with Gasteiger partial charge in [-0.1, -0.05) is 18.5 Å². The highest BCUT2D eigenvalue weighted by atomic mass is 35.5. The van der Waals surface area contributed by atoms with Crippen molar-refractivity contribution < 1.29 is 14.4 Å². The number of rotatable bonds is 10. The summed E-state index contributed by atoms with van der Waals surface area (Å²) >= 11 is 6.15. The molecular weight excluding hydrogens is 522 g/mol. The van der Waals surface area contributed by atoms with Crippen LogP contribution < -0.4 is 16.0 Å². The number of carbonyl (C=O) groups is 3. The highest BCUT2D eigenvalue weighted by Gasteiger charge is 2.22. The molecule has 0 spiro atoms. The molecule has 12 nitrogen and oxygen atoms in total. The average Bonchev–Trinajstić information content (AvgIpc) is 3.60. The molecule has 0 saturated heterocycles. The predicted octanol–water partition coefficient (Wildman–Crippen LogP) is 2.78. The summed E-state index contributed by atoms with van der Waals surface area (Å²) in [6.45, 7) is 1.76. The maximum atomic E-state index is 13.2. The van der Waals surface area contributed by atoms with Crippen molar-refractivity contribution in [2.75, 3.05) is 10.6 Å². The van der Waals surface area contributed by atoms with Gasteiger partial charge in [0.1, 0.15) is 12.4 Å². The van der Waals surface area contributed by atoms with Crippen LogP contribution in [0.4, 0.5) is 11.4 Å². The lowest BCUT2D eigenvalue weighted by Crippen LogP contribution is -2.44. The lowest BCUT2D eigenvalue weighted by Gasteiger charge is -2.17. The van der Waals surface area contributed by atoms with Gasteiger partial charge >= 0.3 is 0 Å². The summed E-state index contributed by atoms with van der Waals surface area (Å²) in [5, 5.41) is 24.3. The molecule has 4 rings (SSSR count). The lowest BCUT2D eigenvalue weighted by atomic mass is 10.1. The molecule has 3 N–H and O–H groups in total. The Hall–Kier alpha value is -4.84. The number of carbonyl (C=O) groups excluding carboxylic acids is 3. The summed E-state index contributed by atoms with van der Waals surface area (Å²) in [7, 11) is 1.77. The second-order valence-corrected chi connectivity index (χ2v) is 8.94. The van der Waals surface area contributed by atoms with E-state index in [0.717, 1.165) is 0 Å². The summed E-state index contributed by atoms with van der Waals surface area (Å²) < 4.78 is 3.07. The van der Waals surface area contributed by atoms with Crippen molar-refractivity contribution in [3.63, 3.8) is 0 Å². The van der Waals surface area contributed by atoms with E-state index in [1.807, 2.05) is 0 Å². The summed E-state index contributed by atoms with van der Waals surface area (Å²) in [6, 6.07) is 12.7. The highest BCUT2D eigenvalue weighted by molar-refractivity contribution is 6.30. The maximum Gasteiger partial charge on any atom is 0.247 e. The fourth-order valence-electron chi connectivity index (χ4n) is 3.63. The Kier molecular flexibility index (Phi) is 8.79. The lowest BCUT2D eigenvalue weighted by molar-refractivity contribution is -0.123. The highest BCUT2D eigenvalue weighted by Crippen LogP contribution is 2.20. The third kappa shape index (κ3) is 7.58. The monoisotopic (exact) mass is 547 g/mol. The van der Waals surface area contributed by atoms with E-state index in [4.69, 9.17) is 11.6 Å². The second-order valence-electron chi connectivity index (χ2n) is 8.51. The first-order valence-corrected chi connectivity index (χ1v) is 12.4. The average molecular weight is 548 g/mol. The molecule has 2 aromatic heterocycles. The first-order chi connectivity index (χ1) is 18.8. The van der Waals surface area contributed by atoms with Crippen LogP contribution in [0.5, 0.6) is 0 Å². The van der Waals surface area contributed by atoms with Crippen LogP contribution in [0, 0.1) is 0 Å². The minimum absolute atomic E-state index is 0.110. The van der Waals surface area contributed by atoms with Crippen LogP contribution in [0.3, 0.4) is 0 Å². The van der Waals surface area contributed by atoms with Gasteiger partial charge in [0.25, 0.3) is 0 Å². The summed E-state index contributed by atoms with van der Waals surface area (Å²) in [6.07, 6.45) is 6.59. The van der Waals surface area contributed by atoms with Crippen LogP contribution in [0.2, 0.25) is 5.02 Å². The van der Waals surface area contributed by atoms with Gasteiger partial charge in [-0.15, -0.1) is 5.10 Å². The number of benzene rings is 2. The van der Waals surface area contributed by atoms with Crippen molar-refractivity contribution >= 4 is 46.8 Å². The van der Waals surface area contributed by atoms with E-state index in [1.165, 1.54) is 17.1 Å². The number of anilines is 2. The molecule has 200 valence electrons. The number of hydrogen-bond donors (Lipinski definition) is 3. The standard InChI is InChI=1S/C26H26ClN9O3/c1-3-24(37)29-19-6-8-20(9-7-19)30-26(39)22(15-21-12-13-35(2)32-21)31-25(38)11-4-17-14-18(27)5-10-23(17)36-16-28-33-34-36/h4-14,16,22H,3,15H2,1-2H3,(H,29,37)(H,30,39)(H,31,38)/t22-/m0/s1. The fraction of sp³-hybridized carbons (Fsp3) is 0.192. The smallest absolute Gasteiger partial charge is 0.247 e.